The number of ether oxygens (including phenoxy) is 1. The van der Waals surface area contributed by atoms with Crippen LogP contribution in [0.4, 0.5) is 5.82 Å². The standard InChI is InChI=1S/C16H19N5O/c1-2-21-7-5-10(9-21)22-14-13-11-4-3-6-18-16(11)20-12(13)8-19-15(14)17/h3-4,6,8,10H,2,5,7,9H2,1H3,(H2,17,19)(H,18,20)/t10-/m0/s1. The lowest BCUT2D eigenvalue weighted by Gasteiger charge is -2.16. The molecule has 1 fully saturated rings. The summed E-state index contributed by atoms with van der Waals surface area (Å²) in [5, 5.41) is 2.00. The topological polar surface area (TPSA) is 80.1 Å². The molecule has 3 aromatic heterocycles. The maximum absolute atomic E-state index is 6.24. The molecule has 0 saturated carbocycles. The highest BCUT2D eigenvalue weighted by Gasteiger charge is 2.25. The molecular weight excluding hydrogens is 278 g/mol. The predicted molar refractivity (Wildman–Crippen MR) is 87.0 cm³/mol. The molecule has 0 spiro atoms. The Kier molecular flexibility index (Phi) is 3.11. The van der Waals surface area contributed by atoms with Gasteiger partial charge in [0, 0.05) is 24.7 Å². The molecule has 1 atom stereocenters. The van der Waals surface area contributed by atoms with Gasteiger partial charge in [-0.15, -0.1) is 0 Å². The zero-order valence-electron chi connectivity index (χ0n) is 12.5. The van der Waals surface area contributed by atoms with E-state index in [4.69, 9.17) is 10.5 Å². The first-order valence-electron chi connectivity index (χ1n) is 7.66. The average Bonchev–Trinajstić information content (AvgIpc) is 3.14. The van der Waals surface area contributed by atoms with Crippen molar-refractivity contribution >= 4 is 27.8 Å². The summed E-state index contributed by atoms with van der Waals surface area (Å²) >= 11 is 0. The number of aromatic amines is 1. The first-order valence-corrected chi connectivity index (χ1v) is 7.66. The molecule has 0 aliphatic carbocycles. The highest BCUT2D eigenvalue weighted by molar-refractivity contribution is 6.10. The maximum atomic E-state index is 6.24. The molecule has 1 aliphatic heterocycles. The average molecular weight is 297 g/mol. The number of nitrogens with one attached hydrogen (secondary N) is 1. The molecule has 0 unspecified atom stereocenters. The van der Waals surface area contributed by atoms with Gasteiger partial charge in [-0.25, -0.2) is 9.97 Å². The van der Waals surface area contributed by atoms with E-state index in [2.05, 4.69) is 26.8 Å². The minimum atomic E-state index is 0.163. The van der Waals surface area contributed by atoms with Gasteiger partial charge in [-0.05, 0) is 25.1 Å². The van der Waals surface area contributed by atoms with Crippen molar-refractivity contribution < 1.29 is 4.74 Å². The zero-order chi connectivity index (χ0) is 15.1. The minimum absolute atomic E-state index is 0.163. The number of hydrogen-bond acceptors (Lipinski definition) is 5. The van der Waals surface area contributed by atoms with E-state index in [-0.39, 0.29) is 6.10 Å². The van der Waals surface area contributed by atoms with Crippen LogP contribution in [0.2, 0.25) is 0 Å². The molecule has 4 heterocycles. The number of fused-ring (bicyclic) bond motifs is 3. The Bertz CT molecular complexity index is 828. The van der Waals surface area contributed by atoms with Gasteiger partial charge in [0.05, 0.1) is 17.1 Å². The molecule has 22 heavy (non-hydrogen) atoms. The molecule has 114 valence electrons. The van der Waals surface area contributed by atoms with E-state index in [0.29, 0.717) is 11.6 Å². The molecule has 6 nitrogen and oxygen atoms in total. The third kappa shape index (κ3) is 2.07. The van der Waals surface area contributed by atoms with Gasteiger partial charge in [0.25, 0.3) is 0 Å². The highest BCUT2D eigenvalue weighted by Crippen LogP contribution is 2.36. The number of H-pyrrole nitrogens is 1. The summed E-state index contributed by atoms with van der Waals surface area (Å²) in [5.41, 5.74) is 7.83. The number of likely N-dealkylation sites (N-methyl/N-ethyl adjacent to an activating group) is 1. The summed E-state index contributed by atoms with van der Waals surface area (Å²) in [6.07, 6.45) is 4.69. The van der Waals surface area contributed by atoms with Crippen molar-refractivity contribution in [2.75, 3.05) is 25.4 Å². The molecule has 3 N–H and O–H groups in total. The van der Waals surface area contributed by atoms with Crippen LogP contribution in [-0.4, -0.2) is 45.6 Å². The van der Waals surface area contributed by atoms with E-state index >= 15 is 0 Å². The van der Waals surface area contributed by atoms with Crippen LogP contribution in [0, 0.1) is 0 Å². The van der Waals surface area contributed by atoms with E-state index in [0.717, 1.165) is 48.0 Å². The van der Waals surface area contributed by atoms with Gasteiger partial charge in [-0.1, -0.05) is 6.92 Å². The number of nitrogens with zero attached hydrogens (tertiary/aromatic N) is 3. The SMILES string of the molecule is CCN1CC[C@H](Oc2c(N)ncc3[nH]c4ncccc4c23)C1. The monoisotopic (exact) mass is 297 g/mol. The zero-order valence-corrected chi connectivity index (χ0v) is 12.5. The maximum Gasteiger partial charge on any atom is 0.171 e. The molecule has 0 amide bonds. The molecule has 0 bridgehead atoms. The highest BCUT2D eigenvalue weighted by atomic mass is 16.5. The molecule has 1 saturated heterocycles. The molecule has 6 heteroatoms. The van der Waals surface area contributed by atoms with Crippen LogP contribution in [0.1, 0.15) is 13.3 Å². The van der Waals surface area contributed by atoms with Gasteiger partial charge < -0.3 is 15.5 Å². The predicted octanol–water partition coefficient (Wildman–Crippen LogP) is 2.17. The Hall–Kier alpha value is -2.34. The van der Waals surface area contributed by atoms with Crippen LogP contribution in [-0.2, 0) is 0 Å². The van der Waals surface area contributed by atoms with E-state index in [1.165, 1.54) is 0 Å². The third-order valence-electron chi connectivity index (χ3n) is 4.35. The van der Waals surface area contributed by atoms with Crippen LogP contribution >= 0.6 is 0 Å². The fourth-order valence-corrected chi connectivity index (χ4v) is 3.17. The number of likely N-dealkylation sites (tertiary alicyclic amines) is 1. The third-order valence-corrected chi connectivity index (χ3v) is 4.35. The smallest absolute Gasteiger partial charge is 0.171 e. The van der Waals surface area contributed by atoms with Crippen LogP contribution in [0.15, 0.2) is 24.5 Å². The number of nitrogens with two attached hydrogens (primary N) is 1. The first kappa shape index (κ1) is 13.3. The summed E-state index contributed by atoms with van der Waals surface area (Å²) in [7, 11) is 0. The number of rotatable bonds is 3. The number of anilines is 1. The summed E-state index contributed by atoms with van der Waals surface area (Å²) in [6.45, 7) is 5.23. The normalized spacial score (nSPS) is 19.2. The summed E-state index contributed by atoms with van der Waals surface area (Å²) in [5.74, 6) is 1.12. The van der Waals surface area contributed by atoms with Crippen LogP contribution < -0.4 is 10.5 Å². The van der Waals surface area contributed by atoms with Gasteiger partial charge in [0.2, 0.25) is 0 Å². The largest absolute Gasteiger partial charge is 0.484 e. The van der Waals surface area contributed by atoms with Crippen molar-refractivity contribution in [1.82, 2.24) is 19.9 Å². The van der Waals surface area contributed by atoms with Crippen molar-refractivity contribution in [3.63, 3.8) is 0 Å². The fraction of sp³-hybridized carbons (Fsp3) is 0.375. The lowest BCUT2D eigenvalue weighted by Crippen LogP contribution is -2.24. The Morgan fingerprint density at radius 1 is 1.45 bits per heavy atom. The van der Waals surface area contributed by atoms with E-state index in [1.807, 2.05) is 12.1 Å². The van der Waals surface area contributed by atoms with Gasteiger partial charge in [-0.3, -0.25) is 4.90 Å². The molecule has 4 rings (SSSR count). The van der Waals surface area contributed by atoms with Crippen LogP contribution in [0.3, 0.4) is 0 Å². The first-order chi connectivity index (χ1) is 10.8. The molecule has 0 radical (unpaired) electrons. The van der Waals surface area contributed by atoms with Crippen LogP contribution in [0.5, 0.6) is 5.75 Å². The second-order valence-corrected chi connectivity index (χ2v) is 5.71. The van der Waals surface area contributed by atoms with E-state index in [1.54, 1.807) is 12.4 Å². The minimum Gasteiger partial charge on any atom is -0.484 e. The van der Waals surface area contributed by atoms with Gasteiger partial charge in [0.15, 0.2) is 11.6 Å². The van der Waals surface area contributed by atoms with Gasteiger partial charge >= 0.3 is 0 Å². The van der Waals surface area contributed by atoms with Crippen molar-refractivity contribution in [2.45, 2.75) is 19.4 Å². The van der Waals surface area contributed by atoms with Crippen molar-refractivity contribution in [3.05, 3.63) is 24.5 Å². The number of hydrogen-bond donors (Lipinski definition) is 2. The Labute approximate surface area is 128 Å². The second-order valence-electron chi connectivity index (χ2n) is 5.71. The van der Waals surface area contributed by atoms with Gasteiger partial charge in [0.1, 0.15) is 11.8 Å². The Morgan fingerprint density at radius 2 is 2.36 bits per heavy atom. The number of aromatic nitrogens is 3. The van der Waals surface area contributed by atoms with Gasteiger partial charge in [-0.2, -0.15) is 0 Å². The van der Waals surface area contributed by atoms with Crippen LogP contribution in [0.25, 0.3) is 21.9 Å². The van der Waals surface area contributed by atoms with Crippen molar-refractivity contribution in [1.29, 1.82) is 0 Å². The molecule has 1 aliphatic rings. The number of nitrogen functional groups attached to an aromatic ring is 1. The number of pyridine rings is 2. The molecule has 0 aromatic carbocycles. The summed E-state index contributed by atoms with van der Waals surface area (Å²) < 4.78 is 6.24. The molecular formula is C16H19N5O. The Balaban J connectivity index is 1.80. The van der Waals surface area contributed by atoms with Crippen molar-refractivity contribution in [2.24, 2.45) is 0 Å². The Morgan fingerprint density at radius 3 is 3.18 bits per heavy atom. The lowest BCUT2D eigenvalue weighted by molar-refractivity contribution is 0.205. The second kappa shape index (κ2) is 5.14. The molecule has 3 aromatic rings. The lowest BCUT2D eigenvalue weighted by atomic mass is 10.2. The van der Waals surface area contributed by atoms with Crippen molar-refractivity contribution in [3.8, 4) is 5.75 Å². The van der Waals surface area contributed by atoms with E-state index < -0.39 is 0 Å². The fourth-order valence-electron chi connectivity index (χ4n) is 3.17. The summed E-state index contributed by atoms with van der Waals surface area (Å²) in [6, 6.07) is 3.95. The quantitative estimate of drug-likeness (QED) is 0.774. The van der Waals surface area contributed by atoms with E-state index in [9.17, 15) is 0 Å². The summed E-state index contributed by atoms with van der Waals surface area (Å²) in [4.78, 5) is 14.3.